The summed E-state index contributed by atoms with van der Waals surface area (Å²) in [5.41, 5.74) is 8.38. The number of hydrogen-bond donors (Lipinski definition) is 1. The Morgan fingerprint density at radius 3 is 2.62 bits per heavy atom. The minimum Gasteiger partial charge on any atom is -0.373 e. The van der Waals surface area contributed by atoms with E-state index in [4.69, 9.17) is 5.73 Å². The molecule has 0 heterocycles. The Morgan fingerprint density at radius 2 is 2.06 bits per heavy atom. The number of nitrogens with zero attached hydrogens (tertiary/aromatic N) is 1. The molecule has 0 radical (unpaired) electrons. The molecule has 0 bridgehead atoms. The average molecular weight is 256 g/mol. The zero-order valence-electron chi connectivity index (χ0n) is 10.2. The van der Waals surface area contributed by atoms with Crippen molar-refractivity contribution in [1.82, 2.24) is 0 Å². The lowest BCUT2D eigenvalue weighted by molar-refractivity contribution is 0.933. The summed E-state index contributed by atoms with van der Waals surface area (Å²) < 4.78 is 0. The molecule has 0 fully saturated rings. The van der Waals surface area contributed by atoms with E-state index in [-0.39, 0.29) is 0 Å². The summed E-state index contributed by atoms with van der Waals surface area (Å²) in [6.45, 7) is 1.67. The van der Waals surface area contributed by atoms with Crippen LogP contribution in [0.4, 0.5) is 5.69 Å². The van der Waals surface area contributed by atoms with Crippen LogP contribution in [0.15, 0.2) is 23.1 Å². The van der Waals surface area contributed by atoms with Gasteiger partial charge in [0.25, 0.3) is 0 Å². The Morgan fingerprint density at radius 1 is 1.31 bits per heavy atom. The minimum absolute atomic E-state index is 0.607. The van der Waals surface area contributed by atoms with Crippen molar-refractivity contribution in [2.75, 3.05) is 36.8 Å². The van der Waals surface area contributed by atoms with Gasteiger partial charge in [0.2, 0.25) is 0 Å². The highest BCUT2D eigenvalue weighted by atomic mass is 32.2. The van der Waals surface area contributed by atoms with Gasteiger partial charge < -0.3 is 10.6 Å². The molecule has 1 aromatic rings. The van der Waals surface area contributed by atoms with Gasteiger partial charge >= 0.3 is 0 Å². The van der Waals surface area contributed by atoms with Gasteiger partial charge in [-0.25, -0.2) is 0 Å². The lowest BCUT2D eigenvalue weighted by Crippen LogP contribution is -2.22. The van der Waals surface area contributed by atoms with Gasteiger partial charge in [0.05, 0.1) is 0 Å². The van der Waals surface area contributed by atoms with Gasteiger partial charge in [0, 0.05) is 42.0 Å². The molecule has 2 nitrogen and oxygen atoms in total. The summed E-state index contributed by atoms with van der Waals surface area (Å²) >= 11 is 3.63. The first-order valence-electron chi connectivity index (χ1n) is 5.30. The average Bonchev–Trinajstić information content (AvgIpc) is 2.34. The smallest absolute Gasteiger partial charge is 0.0420 e. The summed E-state index contributed by atoms with van der Waals surface area (Å²) in [7, 11) is 2.13. The third-order valence-electron chi connectivity index (χ3n) is 2.57. The fourth-order valence-corrected chi connectivity index (χ4v) is 2.76. The van der Waals surface area contributed by atoms with E-state index < -0.39 is 0 Å². The van der Waals surface area contributed by atoms with E-state index in [2.05, 4.69) is 42.7 Å². The highest BCUT2D eigenvalue weighted by molar-refractivity contribution is 7.98. The van der Waals surface area contributed by atoms with Crippen molar-refractivity contribution in [3.63, 3.8) is 0 Å². The van der Waals surface area contributed by atoms with Gasteiger partial charge in [-0.05, 0) is 24.6 Å². The molecular formula is C12H20N2S2. The highest BCUT2D eigenvalue weighted by Gasteiger charge is 2.09. The standard InChI is InChI=1S/C12H20N2S2/c1-14(7-8-15-2)11-5-4-6-12(16-3)10(11)9-13/h4-6H,7-9,13H2,1-3H3. The lowest BCUT2D eigenvalue weighted by Gasteiger charge is -2.23. The Kier molecular flexibility index (Phi) is 6.09. The highest BCUT2D eigenvalue weighted by Crippen LogP contribution is 2.28. The predicted molar refractivity (Wildman–Crippen MR) is 77.8 cm³/mol. The van der Waals surface area contributed by atoms with Crippen LogP contribution < -0.4 is 10.6 Å². The SMILES string of the molecule is CSCCN(C)c1cccc(SC)c1CN. The Bertz CT molecular complexity index is 329. The summed E-state index contributed by atoms with van der Waals surface area (Å²) in [6, 6.07) is 6.40. The third kappa shape index (κ3) is 3.34. The maximum atomic E-state index is 5.85. The molecule has 0 amide bonds. The van der Waals surface area contributed by atoms with E-state index in [1.165, 1.54) is 16.1 Å². The van der Waals surface area contributed by atoms with Crippen molar-refractivity contribution in [2.24, 2.45) is 5.73 Å². The first-order chi connectivity index (χ1) is 7.74. The molecule has 0 aliphatic carbocycles. The van der Waals surface area contributed by atoms with Crippen LogP contribution in [-0.2, 0) is 6.54 Å². The molecule has 1 aromatic carbocycles. The zero-order valence-corrected chi connectivity index (χ0v) is 11.8. The first kappa shape index (κ1) is 13.7. The predicted octanol–water partition coefficient (Wildman–Crippen LogP) is 2.67. The number of nitrogens with two attached hydrogens (primary N) is 1. The molecule has 0 aliphatic heterocycles. The maximum absolute atomic E-state index is 5.85. The molecule has 0 unspecified atom stereocenters. The Labute approximate surface area is 107 Å². The van der Waals surface area contributed by atoms with Crippen LogP contribution in [0.3, 0.4) is 0 Å². The molecule has 16 heavy (non-hydrogen) atoms. The topological polar surface area (TPSA) is 29.3 Å². The first-order valence-corrected chi connectivity index (χ1v) is 7.92. The van der Waals surface area contributed by atoms with Gasteiger partial charge in [0.1, 0.15) is 0 Å². The van der Waals surface area contributed by atoms with Crippen molar-refractivity contribution in [2.45, 2.75) is 11.4 Å². The van der Waals surface area contributed by atoms with Crippen molar-refractivity contribution in [1.29, 1.82) is 0 Å². The quantitative estimate of drug-likeness (QED) is 0.792. The van der Waals surface area contributed by atoms with Crippen LogP contribution in [0.5, 0.6) is 0 Å². The van der Waals surface area contributed by atoms with Crippen molar-refractivity contribution in [3.05, 3.63) is 23.8 Å². The van der Waals surface area contributed by atoms with Crippen molar-refractivity contribution >= 4 is 29.2 Å². The van der Waals surface area contributed by atoms with Crippen molar-refractivity contribution in [3.8, 4) is 0 Å². The summed E-state index contributed by atoms with van der Waals surface area (Å²) in [5, 5.41) is 0. The summed E-state index contributed by atoms with van der Waals surface area (Å²) in [4.78, 5) is 3.58. The molecule has 0 aliphatic rings. The minimum atomic E-state index is 0.607. The largest absolute Gasteiger partial charge is 0.373 e. The van der Waals surface area contributed by atoms with E-state index in [9.17, 15) is 0 Å². The molecule has 0 aromatic heterocycles. The van der Waals surface area contributed by atoms with E-state index in [1.807, 2.05) is 11.8 Å². The summed E-state index contributed by atoms with van der Waals surface area (Å²) in [6.07, 6.45) is 4.23. The van der Waals surface area contributed by atoms with Crippen LogP contribution in [-0.4, -0.2) is 31.9 Å². The van der Waals surface area contributed by atoms with Gasteiger partial charge in [-0.3, -0.25) is 0 Å². The summed E-state index contributed by atoms with van der Waals surface area (Å²) in [5.74, 6) is 1.14. The van der Waals surface area contributed by atoms with Crippen LogP contribution in [0.2, 0.25) is 0 Å². The molecule has 4 heteroatoms. The monoisotopic (exact) mass is 256 g/mol. The lowest BCUT2D eigenvalue weighted by atomic mass is 10.1. The molecule has 2 N–H and O–H groups in total. The molecule has 0 spiro atoms. The molecular weight excluding hydrogens is 236 g/mol. The van der Waals surface area contributed by atoms with Crippen LogP contribution in [0.1, 0.15) is 5.56 Å². The molecule has 0 atom stereocenters. The third-order valence-corrected chi connectivity index (χ3v) is 3.99. The Balaban J connectivity index is 2.93. The number of rotatable bonds is 6. The molecule has 0 saturated carbocycles. The maximum Gasteiger partial charge on any atom is 0.0420 e. The van der Waals surface area contributed by atoms with Crippen molar-refractivity contribution < 1.29 is 0 Å². The van der Waals surface area contributed by atoms with Crippen LogP contribution in [0.25, 0.3) is 0 Å². The van der Waals surface area contributed by atoms with Crippen LogP contribution >= 0.6 is 23.5 Å². The fourth-order valence-electron chi connectivity index (χ4n) is 1.66. The number of hydrogen-bond acceptors (Lipinski definition) is 4. The Hall–Kier alpha value is -0.320. The normalized spacial score (nSPS) is 10.5. The van der Waals surface area contributed by atoms with Gasteiger partial charge in [-0.1, -0.05) is 6.07 Å². The second-order valence-electron chi connectivity index (χ2n) is 3.58. The second-order valence-corrected chi connectivity index (χ2v) is 5.41. The molecule has 0 saturated heterocycles. The second kappa shape index (κ2) is 7.09. The van der Waals surface area contributed by atoms with E-state index in [0.717, 1.165) is 12.3 Å². The van der Waals surface area contributed by atoms with Gasteiger partial charge in [-0.15, -0.1) is 11.8 Å². The fraction of sp³-hybridized carbons (Fsp3) is 0.500. The number of anilines is 1. The van der Waals surface area contributed by atoms with E-state index in [1.54, 1.807) is 11.8 Å². The number of benzene rings is 1. The van der Waals surface area contributed by atoms with E-state index in [0.29, 0.717) is 6.54 Å². The van der Waals surface area contributed by atoms with E-state index >= 15 is 0 Å². The zero-order chi connectivity index (χ0) is 12.0. The van der Waals surface area contributed by atoms with Crippen LogP contribution in [0, 0.1) is 0 Å². The van der Waals surface area contributed by atoms with Gasteiger partial charge in [-0.2, -0.15) is 11.8 Å². The number of thioether (sulfide) groups is 2. The molecule has 90 valence electrons. The molecule has 1 rings (SSSR count). The van der Waals surface area contributed by atoms with Gasteiger partial charge in [0.15, 0.2) is 0 Å².